The van der Waals surface area contributed by atoms with Crippen LogP contribution in [-0.4, -0.2) is 18.1 Å². The summed E-state index contributed by atoms with van der Waals surface area (Å²) in [5.41, 5.74) is 3.49. The number of rotatable bonds is 3. The van der Waals surface area contributed by atoms with Crippen molar-refractivity contribution in [2.24, 2.45) is 0 Å². The van der Waals surface area contributed by atoms with Gasteiger partial charge in [0.1, 0.15) is 5.69 Å². The van der Waals surface area contributed by atoms with Gasteiger partial charge in [-0.15, -0.1) is 0 Å². The number of carbonyl (C=O) groups excluding carboxylic acids is 1. The summed E-state index contributed by atoms with van der Waals surface area (Å²) >= 11 is 18.3. The maximum Gasteiger partial charge on any atom is 0.354 e. The first kappa shape index (κ1) is 16.9. The van der Waals surface area contributed by atoms with E-state index in [0.29, 0.717) is 20.8 Å². The second-order valence-corrected chi connectivity index (χ2v) is 6.37. The normalized spacial score (nSPS) is 10.7. The zero-order valence-corrected chi connectivity index (χ0v) is 14.8. The fourth-order valence-corrected chi connectivity index (χ4v) is 3.08. The molecule has 0 saturated carbocycles. The Morgan fingerprint density at radius 1 is 0.917 bits per heavy atom. The van der Waals surface area contributed by atoms with Gasteiger partial charge in [0, 0.05) is 26.2 Å². The third-order valence-electron chi connectivity index (χ3n) is 3.58. The topological polar surface area (TPSA) is 42.1 Å². The first-order chi connectivity index (χ1) is 11.5. The number of nitrogens with one attached hydrogen (secondary N) is 1. The molecule has 0 aliphatic rings. The number of hydrogen-bond acceptors (Lipinski definition) is 2. The minimum absolute atomic E-state index is 0.337. The Morgan fingerprint density at radius 2 is 1.58 bits per heavy atom. The Hall–Kier alpha value is -1.94. The second kappa shape index (κ2) is 6.89. The number of ether oxygens (including phenoxy) is 1. The first-order valence-corrected chi connectivity index (χ1v) is 8.15. The minimum atomic E-state index is -0.457. The summed E-state index contributed by atoms with van der Waals surface area (Å²) in [5, 5.41) is 1.67. The average molecular weight is 381 g/mol. The Balaban J connectivity index is 2.21. The van der Waals surface area contributed by atoms with Crippen molar-refractivity contribution in [2.75, 3.05) is 7.11 Å². The minimum Gasteiger partial charge on any atom is -0.464 e. The van der Waals surface area contributed by atoms with Crippen LogP contribution < -0.4 is 0 Å². The summed E-state index contributed by atoms with van der Waals surface area (Å²) in [6, 6.07) is 14.2. The van der Waals surface area contributed by atoms with Crippen LogP contribution in [0.4, 0.5) is 0 Å². The standard InChI is InChI=1S/C18H12Cl3NO2/c1-24-18(23)16-9-14(13-7-6-12(20)8-15(13)21)17(22-16)10-2-4-11(19)5-3-10/h2-9,22H,1H3. The fourth-order valence-electron chi connectivity index (χ4n) is 2.44. The highest BCUT2D eigenvalue weighted by atomic mass is 35.5. The van der Waals surface area contributed by atoms with Crippen LogP contribution in [0.5, 0.6) is 0 Å². The van der Waals surface area contributed by atoms with E-state index in [4.69, 9.17) is 39.5 Å². The van der Waals surface area contributed by atoms with Gasteiger partial charge < -0.3 is 9.72 Å². The molecule has 0 saturated heterocycles. The molecule has 0 amide bonds. The number of aromatic amines is 1. The Bertz CT molecular complexity index is 901. The smallest absolute Gasteiger partial charge is 0.354 e. The van der Waals surface area contributed by atoms with Crippen LogP contribution in [0.2, 0.25) is 15.1 Å². The van der Waals surface area contributed by atoms with Gasteiger partial charge in [0.2, 0.25) is 0 Å². The number of esters is 1. The van der Waals surface area contributed by atoms with E-state index in [0.717, 1.165) is 22.4 Å². The predicted octanol–water partition coefficient (Wildman–Crippen LogP) is 6.10. The van der Waals surface area contributed by atoms with Crippen LogP contribution in [0.3, 0.4) is 0 Å². The SMILES string of the molecule is COC(=O)c1cc(-c2ccc(Cl)cc2Cl)c(-c2ccc(Cl)cc2)[nH]1. The van der Waals surface area contributed by atoms with Gasteiger partial charge in [0.25, 0.3) is 0 Å². The van der Waals surface area contributed by atoms with Crippen LogP contribution in [0, 0.1) is 0 Å². The van der Waals surface area contributed by atoms with Crippen molar-refractivity contribution in [1.82, 2.24) is 4.98 Å². The molecular formula is C18H12Cl3NO2. The molecular weight excluding hydrogens is 369 g/mol. The zero-order valence-electron chi connectivity index (χ0n) is 12.6. The lowest BCUT2D eigenvalue weighted by atomic mass is 10.0. The van der Waals surface area contributed by atoms with Crippen molar-refractivity contribution in [1.29, 1.82) is 0 Å². The van der Waals surface area contributed by atoms with Gasteiger partial charge in [-0.2, -0.15) is 0 Å². The van der Waals surface area contributed by atoms with E-state index in [1.165, 1.54) is 7.11 Å². The van der Waals surface area contributed by atoms with Gasteiger partial charge in [0.05, 0.1) is 12.8 Å². The third-order valence-corrected chi connectivity index (χ3v) is 4.38. The van der Waals surface area contributed by atoms with Gasteiger partial charge in [-0.1, -0.05) is 53.0 Å². The Labute approximate surface area is 154 Å². The highest BCUT2D eigenvalue weighted by molar-refractivity contribution is 6.36. The second-order valence-electron chi connectivity index (χ2n) is 5.09. The third kappa shape index (κ3) is 3.29. The van der Waals surface area contributed by atoms with Crippen LogP contribution >= 0.6 is 34.8 Å². The molecule has 1 heterocycles. The van der Waals surface area contributed by atoms with Gasteiger partial charge in [-0.3, -0.25) is 0 Å². The molecule has 122 valence electrons. The molecule has 0 aliphatic carbocycles. The van der Waals surface area contributed by atoms with E-state index in [1.807, 2.05) is 18.2 Å². The summed E-state index contributed by atoms with van der Waals surface area (Å²) in [4.78, 5) is 15.0. The monoisotopic (exact) mass is 379 g/mol. The molecule has 1 N–H and O–H groups in total. The summed E-state index contributed by atoms with van der Waals surface area (Å²) in [6.07, 6.45) is 0. The lowest BCUT2D eigenvalue weighted by Gasteiger charge is -2.07. The molecule has 2 aromatic carbocycles. The quantitative estimate of drug-likeness (QED) is 0.558. The molecule has 0 atom stereocenters. The molecule has 3 nitrogen and oxygen atoms in total. The number of halogens is 3. The lowest BCUT2D eigenvalue weighted by molar-refractivity contribution is 0.0595. The van der Waals surface area contributed by atoms with E-state index in [2.05, 4.69) is 4.98 Å². The highest BCUT2D eigenvalue weighted by Crippen LogP contribution is 2.38. The van der Waals surface area contributed by atoms with Crippen molar-refractivity contribution in [2.45, 2.75) is 0 Å². The number of carbonyl (C=O) groups is 1. The molecule has 3 aromatic rings. The van der Waals surface area contributed by atoms with E-state index >= 15 is 0 Å². The number of aromatic nitrogens is 1. The van der Waals surface area contributed by atoms with Crippen molar-refractivity contribution >= 4 is 40.8 Å². The van der Waals surface area contributed by atoms with Gasteiger partial charge >= 0.3 is 5.97 Å². The fraction of sp³-hybridized carbons (Fsp3) is 0.0556. The molecule has 0 fully saturated rings. The van der Waals surface area contributed by atoms with Crippen molar-refractivity contribution in [3.63, 3.8) is 0 Å². The lowest BCUT2D eigenvalue weighted by Crippen LogP contribution is -2.00. The number of methoxy groups -OCH3 is 1. The predicted molar refractivity (Wildman–Crippen MR) is 98.0 cm³/mol. The summed E-state index contributed by atoms with van der Waals surface area (Å²) in [5.74, 6) is -0.457. The van der Waals surface area contributed by atoms with Crippen molar-refractivity contribution in [3.8, 4) is 22.4 Å². The van der Waals surface area contributed by atoms with Crippen LogP contribution in [0.15, 0.2) is 48.5 Å². The van der Waals surface area contributed by atoms with E-state index in [-0.39, 0.29) is 0 Å². The number of H-pyrrole nitrogens is 1. The summed E-state index contributed by atoms with van der Waals surface area (Å²) < 4.78 is 4.80. The molecule has 1 aromatic heterocycles. The number of hydrogen-bond donors (Lipinski definition) is 1. The molecule has 0 bridgehead atoms. The Kier molecular flexibility index (Phi) is 4.86. The molecule has 0 radical (unpaired) electrons. The first-order valence-electron chi connectivity index (χ1n) is 7.02. The highest BCUT2D eigenvalue weighted by Gasteiger charge is 2.18. The molecule has 0 spiro atoms. The number of benzene rings is 2. The van der Waals surface area contributed by atoms with E-state index in [1.54, 1.807) is 30.3 Å². The Morgan fingerprint density at radius 3 is 2.21 bits per heavy atom. The molecule has 24 heavy (non-hydrogen) atoms. The van der Waals surface area contributed by atoms with Crippen LogP contribution in [0.1, 0.15) is 10.5 Å². The summed E-state index contributed by atoms with van der Waals surface area (Å²) in [6.45, 7) is 0. The zero-order chi connectivity index (χ0) is 17.3. The van der Waals surface area contributed by atoms with Crippen molar-refractivity contribution < 1.29 is 9.53 Å². The largest absolute Gasteiger partial charge is 0.464 e. The van der Waals surface area contributed by atoms with Gasteiger partial charge in [-0.05, 0) is 35.9 Å². The van der Waals surface area contributed by atoms with Gasteiger partial charge in [-0.25, -0.2) is 4.79 Å². The van der Waals surface area contributed by atoms with E-state index in [9.17, 15) is 4.79 Å². The maximum atomic E-state index is 11.9. The van der Waals surface area contributed by atoms with Crippen LogP contribution in [0.25, 0.3) is 22.4 Å². The maximum absolute atomic E-state index is 11.9. The van der Waals surface area contributed by atoms with Crippen molar-refractivity contribution in [3.05, 3.63) is 69.3 Å². The molecule has 6 heteroatoms. The van der Waals surface area contributed by atoms with Gasteiger partial charge in [0.15, 0.2) is 0 Å². The van der Waals surface area contributed by atoms with Crippen LogP contribution in [-0.2, 0) is 4.74 Å². The average Bonchev–Trinajstić information content (AvgIpc) is 3.00. The van der Waals surface area contributed by atoms with E-state index < -0.39 is 5.97 Å². The molecule has 0 unspecified atom stereocenters. The summed E-state index contributed by atoms with van der Waals surface area (Å²) in [7, 11) is 1.33. The molecule has 0 aliphatic heterocycles. The molecule has 3 rings (SSSR count).